The zero-order chi connectivity index (χ0) is 18.8. The summed E-state index contributed by atoms with van der Waals surface area (Å²) in [6.45, 7) is 4.53. The summed E-state index contributed by atoms with van der Waals surface area (Å²) in [4.78, 5) is 36.9. The van der Waals surface area contributed by atoms with E-state index in [1.54, 1.807) is 0 Å². The van der Waals surface area contributed by atoms with Crippen LogP contribution >= 0.6 is 0 Å². The molecule has 0 atom stereocenters. The zero-order valence-electron chi connectivity index (χ0n) is 15.3. The maximum absolute atomic E-state index is 12.3. The van der Waals surface area contributed by atoms with Gasteiger partial charge >= 0.3 is 0 Å². The van der Waals surface area contributed by atoms with E-state index < -0.39 is 0 Å². The van der Waals surface area contributed by atoms with E-state index in [9.17, 15) is 14.4 Å². The van der Waals surface area contributed by atoms with Crippen LogP contribution in [0.5, 0.6) is 0 Å². The van der Waals surface area contributed by atoms with Gasteiger partial charge in [-0.25, -0.2) is 0 Å². The van der Waals surface area contributed by atoms with Gasteiger partial charge in [-0.3, -0.25) is 14.4 Å². The van der Waals surface area contributed by atoms with E-state index in [2.05, 4.69) is 16.0 Å². The van der Waals surface area contributed by atoms with Crippen molar-refractivity contribution in [2.75, 3.05) is 38.0 Å². The molecule has 7 nitrogen and oxygen atoms in total. The average Bonchev–Trinajstić information content (AvgIpc) is 2.66. The van der Waals surface area contributed by atoms with Gasteiger partial charge in [-0.1, -0.05) is 25.1 Å². The van der Waals surface area contributed by atoms with E-state index >= 15 is 0 Å². The van der Waals surface area contributed by atoms with Crippen LogP contribution in [0.1, 0.15) is 26.2 Å². The lowest BCUT2D eigenvalue weighted by molar-refractivity contribution is -0.897. The number of amides is 3. The minimum Gasteiger partial charge on any atom is -0.355 e. The average molecular weight is 361 g/mol. The highest BCUT2D eigenvalue weighted by molar-refractivity contribution is 5.92. The van der Waals surface area contributed by atoms with Crippen LogP contribution in [-0.2, 0) is 14.4 Å². The molecule has 1 aliphatic rings. The number of carbonyl (C=O) groups is 3. The van der Waals surface area contributed by atoms with Crippen molar-refractivity contribution in [3.63, 3.8) is 0 Å². The van der Waals surface area contributed by atoms with Gasteiger partial charge in [0.2, 0.25) is 11.8 Å². The standard InChI is InChI=1S/C19H28N4O3/c1-2-10-20-17(24)13-21-18(25)14-23-11-8-15(9-12-23)19(26)22-16-6-4-3-5-7-16/h3-7,15H,2,8-14H2,1H3,(H,20,24)(H,21,25)(H,22,26)/p+1. The molecule has 26 heavy (non-hydrogen) atoms. The Morgan fingerprint density at radius 2 is 1.73 bits per heavy atom. The minimum atomic E-state index is -0.161. The summed E-state index contributed by atoms with van der Waals surface area (Å²) < 4.78 is 0. The van der Waals surface area contributed by atoms with E-state index in [1.807, 2.05) is 37.3 Å². The molecule has 1 saturated heterocycles. The molecule has 1 aromatic rings. The summed E-state index contributed by atoms with van der Waals surface area (Å²) in [6.07, 6.45) is 2.40. The molecule has 0 spiro atoms. The van der Waals surface area contributed by atoms with Crippen LogP contribution < -0.4 is 20.9 Å². The van der Waals surface area contributed by atoms with Crippen LogP contribution in [0.3, 0.4) is 0 Å². The van der Waals surface area contributed by atoms with E-state index in [0.29, 0.717) is 13.1 Å². The number of benzene rings is 1. The van der Waals surface area contributed by atoms with Gasteiger partial charge in [-0.2, -0.15) is 0 Å². The lowest BCUT2D eigenvalue weighted by atomic mass is 9.96. The van der Waals surface area contributed by atoms with Gasteiger partial charge in [0.25, 0.3) is 5.91 Å². The highest BCUT2D eigenvalue weighted by Crippen LogP contribution is 2.13. The molecule has 0 unspecified atom stereocenters. The lowest BCUT2D eigenvalue weighted by Gasteiger charge is -2.28. The molecule has 7 heteroatoms. The molecule has 2 rings (SSSR count). The number of para-hydroxylation sites is 1. The van der Waals surface area contributed by atoms with Crippen molar-refractivity contribution in [2.24, 2.45) is 5.92 Å². The largest absolute Gasteiger partial charge is 0.355 e. The van der Waals surface area contributed by atoms with Gasteiger partial charge in [0, 0.05) is 31.0 Å². The van der Waals surface area contributed by atoms with Crippen molar-refractivity contribution in [1.29, 1.82) is 0 Å². The first-order chi connectivity index (χ1) is 12.6. The Kier molecular flexibility index (Phi) is 8.08. The zero-order valence-corrected chi connectivity index (χ0v) is 15.3. The first kappa shape index (κ1) is 19.9. The van der Waals surface area contributed by atoms with Crippen LogP contribution in [0.2, 0.25) is 0 Å². The summed E-state index contributed by atoms with van der Waals surface area (Å²) in [5, 5.41) is 8.32. The monoisotopic (exact) mass is 361 g/mol. The predicted molar refractivity (Wildman–Crippen MR) is 99.7 cm³/mol. The van der Waals surface area contributed by atoms with Crippen molar-refractivity contribution in [2.45, 2.75) is 26.2 Å². The quantitative estimate of drug-likeness (QED) is 0.506. The fourth-order valence-corrected chi connectivity index (χ4v) is 3.03. The maximum Gasteiger partial charge on any atom is 0.275 e. The number of anilines is 1. The first-order valence-corrected chi connectivity index (χ1v) is 9.31. The second-order valence-electron chi connectivity index (χ2n) is 6.68. The van der Waals surface area contributed by atoms with Gasteiger partial charge in [-0.05, 0) is 18.6 Å². The summed E-state index contributed by atoms with van der Waals surface area (Å²) in [5.74, 6) is -0.250. The van der Waals surface area contributed by atoms with Crippen molar-refractivity contribution in [3.8, 4) is 0 Å². The maximum atomic E-state index is 12.3. The molecular formula is C19H29N4O3+. The Balaban J connectivity index is 1.65. The normalized spacial score (nSPS) is 19.4. The van der Waals surface area contributed by atoms with Crippen LogP contribution in [0.15, 0.2) is 30.3 Å². The smallest absolute Gasteiger partial charge is 0.275 e. The summed E-state index contributed by atoms with van der Waals surface area (Å²) in [6, 6.07) is 9.45. The van der Waals surface area contributed by atoms with Gasteiger partial charge in [-0.15, -0.1) is 0 Å². The van der Waals surface area contributed by atoms with Crippen molar-refractivity contribution in [1.82, 2.24) is 10.6 Å². The third-order valence-corrected chi connectivity index (χ3v) is 4.53. The Bertz CT molecular complexity index is 598. The fourth-order valence-electron chi connectivity index (χ4n) is 3.03. The van der Waals surface area contributed by atoms with E-state index in [-0.39, 0.29) is 30.2 Å². The number of rotatable bonds is 8. The van der Waals surface area contributed by atoms with Crippen molar-refractivity contribution >= 4 is 23.4 Å². The number of hydrogen-bond donors (Lipinski definition) is 4. The van der Waals surface area contributed by atoms with Gasteiger partial charge in [0.05, 0.1) is 19.6 Å². The van der Waals surface area contributed by atoms with Crippen LogP contribution in [0, 0.1) is 5.92 Å². The second-order valence-corrected chi connectivity index (χ2v) is 6.68. The number of nitrogens with one attached hydrogen (secondary N) is 4. The Morgan fingerprint density at radius 1 is 1.04 bits per heavy atom. The second kappa shape index (κ2) is 10.6. The van der Waals surface area contributed by atoms with Crippen molar-refractivity contribution in [3.05, 3.63) is 30.3 Å². The lowest BCUT2D eigenvalue weighted by Crippen LogP contribution is -3.14. The molecule has 0 bridgehead atoms. The van der Waals surface area contributed by atoms with Crippen LogP contribution in [-0.4, -0.2) is 50.4 Å². The molecule has 0 aliphatic carbocycles. The van der Waals surface area contributed by atoms with Gasteiger partial charge in [0.15, 0.2) is 6.54 Å². The molecule has 1 heterocycles. The van der Waals surface area contributed by atoms with E-state index in [1.165, 1.54) is 0 Å². The van der Waals surface area contributed by atoms with Gasteiger partial charge in [0.1, 0.15) is 0 Å². The summed E-state index contributed by atoms with van der Waals surface area (Å²) in [7, 11) is 0. The topological polar surface area (TPSA) is 91.7 Å². The Morgan fingerprint density at radius 3 is 2.38 bits per heavy atom. The molecule has 1 aliphatic heterocycles. The first-order valence-electron chi connectivity index (χ1n) is 9.31. The Labute approximate surface area is 154 Å². The number of hydrogen-bond acceptors (Lipinski definition) is 3. The van der Waals surface area contributed by atoms with Crippen molar-refractivity contribution < 1.29 is 19.3 Å². The van der Waals surface area contributed by atoms with E-state index in [0.717, 1.165) is 42.9 Å². The van der Waals surface area contributed by atoms with Gasteiger partial charge < -0.3 is 20.9 Å². The Hall–Kier alpha value is -2.41. The molecule has 0 saturated carbocycles. The minimum absolute atomic E-state index is 0.0122. The number of piperidine rings is 1. The highest BCUT2D eigenvalue weighted by Gasteiger charge is 2.28. The molecule has 0 aromatic heterocycles. The fraction of sp³-hybridized carbons (Fsp3) is 0.526. The summed E-state index contributed by atoms with van der Waals surface area (Å²) >= 11 is 0. The third kappa shape index (κ3) is 6.84. The molecule has 1 aromatic carbocycles. The number of likely N-dealkylation sites (tertiary alicyclic amines) is 1. The molecule has 0 radical (unpaired) electrons. The van der Waals surface area contributed by atoms with E-state index in [4.69, 9.17) is 0 Å². The summed E-state index contributed by atoms with van der Waals surface area (Å²) in [5.41, 5.74) is 0.813. The molecule has 3 amide bonds. The SMILES string of the molecule is CCCNC(=O)CNC(=O)C[NH+]1CCC(C(=O)Nc2ccccc2)CC1. The molecular weight excluding hydrogens is 332 g/mol. The number of carbonyl (C=O) groups excluding carboxylic acids is 3. The highest BCUT2D eigenvalue weighted by atomic mass is 16.2. The number of quaternary nitrogens is 1. The molecule has 1 fully saturated rings. The predicted octanol–water partition coefficient (Wildman–Crippen LogP) is -0.438. The van der Waals surface area contributed by atoms with Crippen LogP contribution in [0.25, 0.3) is 0 Å². The third-order valence-electron chi connectivity index (χ3n) is 4.53. The van der Waals surface area contributed by atoms with Crippen LogP contribution in [0.4, 0.5) is 5.69 Å². The molecule has 4 N–H and O–H groups in total. The molecule has 142 valence electrons.